The Balaban J connectivity index is 1.37. The Morgan fingerprint density at radius 3 is 2.24 bits per heavy atom. The van der Waals surface area contributed by atoms with Crippen LogP contribution in [0.15, 0.2) is 36.4 Å². The molecule has 29 heavy (non-hydrogen) atoms. The molecule has 0 aliphatic carbocycles. The minimum Gasteiger partial charge on any atom is -0.338 e. The molecule has 2 atom stereocenters. The maximum absolute atomic E-state index is 13.4. The molecule has 3 heterocycles. The number of fused-ring (bicyclic) bond motifs is 2. The zero-order valence-electron chi connectivity index (χ0n) is 16.6. The number of rotatable bonds is 4. The Morgan fingerprint density at radius 1 is 0.931 bits per heavy atom. The predicted octanol–water partition coefficient (Wildman–Crippen LogP) is 3.18. The minimum atomic E-state index is -0.681. The molecular weight excluding hydrogens is 374 g/mol. The summed E-state index contributed by atoms with van der Waals surface area (Å²) in [4.78, 5) is 29.1. The number of halogens is 2. The maximum atomic E-state index is 13.4. The molecule has 2 amide bonds. The molecule has 0 N–H and O–H groups in total. The molecule has 0 radical (unpaired) electrons. The molecule has 3 aliphatic rings. The molecule has 0 saturated carbocycles. The van der Waals surface area contributed by atoms with Crippen molar-refractivity contribution in [2.24, 2.45) is 0 Å². The van der Waals surface area contributed by atoms with Crippen molar-refractivity contribution in [3.8, 4) is 0 Å². The smallest absolute Gasteiger partial charge is 0.227 e. The number of benzene rings is 2. The molecule has 3 aliphatic heterocycles. The van der Waals surface area contributed by atoms with Gasteiger partial charge >= 0.3 is 0 Å². The van der Waals surface area contributed by atoms with Crippen LogP contribution < -0.4 is 0 Å². The van der Waals surface area contributed by atoms with Crippen molar-refractivity contribution in [1.29, 1.82) is 0 Å². The van der Waals surface area contributed by atoms with Crippen molar-refractivity contribution >= 4 is 11.8 Å². The maximum Gasteiger partial charge on any atom is 0.227 e. The Kier molecular flexibility index (Phi) is 5.11. The first kappa shape index (κ1) is 19.6. The molecule has 2 aromatic carbocycles. The number of carbonyl (C=O) groups is 2. The van der Waals surface area contributed by atoms with Crippen molar-refractivity contribution in [2.45, 2.75) is 45.2 Å². The van der Waals surface area contributed by atoms with Gasteiger partial charge in [-0.2, -0.15) is 0 Å². The largest absolute Gasteiger partial charge is 0.338 e. The molecule has 3 saturated heterocycles. The highest BCUT2D eigenvalue weighted by Gasteiger charge is 2.47. The lowest BCUT2D eigenvalue weighted by atomic mass is 9.86. The van der Waals surface area contributed by atoms with Crippen LogP contribution in [-0.4, -0.2) is 46.8 Å². The van der Waals surface area contributed by atoms with Gasteiger partial charge in [0.2, 0.25) is 11.8 Å². The van der Waals surface area contributed by atoms with Crippen LogP contribution in [0.2, 0.25) is 0 Å². The first-order valence-corrected chi connectivity index (χ1v) is 9.90. The van der Waals surface area contributed by atoms with Gasteiger partial charge in [-0.25, -0.2) is 8.78 Å². The Morgan fingerprint density at radius 2 is 1.59 bits per heavy atom. The van der Waals surface area contributed by atoms with Gasteiger partial charge in [-0.3, -0.25) is 9.59 Å². The van der Waals surface area contributed by atoms with Crippen LogP contribution in [0.5, 0.6) is 0 Å². The van der Waals surface area contributed by atoms with E-state index in [0.29, 0.717) is 25.1 Å². The SMILES string of the molecule is Cc1ccc(C)c(CC(=O)N2CC3CC(C2)N3C(=O)Cc2cc(F)cc(F)c2)c1. The third-order valence-corrected chi connectivity index (χ3v) is 5.96. The summed E-state index contributed by atoms with van der Waals surface area (Å²) in [5.74, 6) is -1.43. The third kappa shape index (κ3) is 4.02. The fourth-order valence-electron chi connectivity index (χ4n) is 4.46. The van der Waals surface area contributed by atoms with E-state index in [2.05, 4.69) is 0 Å². The topological polar surface area (TPSA) is 40.6 Å². The number of hydrogen-bond acceptors (Lipinski definition) is 2. The first-order chi connectivity index (χ1) is 13.8. The highest BCUT2D eigenvalue weighted by Crippen LogP contribution is 2.33. The zero-order chi connectivity index (χ0) is 20.7. The molecule has 152 valence electrons. The second kappa shape index (κ2) is 7.58. The van der Waals surface area contributed by atoms with E-state index < -0.39 is 11.6 Å². The highest BCUT2D eigenvalue weighted by atomic mass is 19.1. The molecule has 4 nitrogen and oxygen atoms in total. The number of aryl methyl sites for hydroxylation is 2. The van der Waals surface area contributed by atoms with Crippen LogP contribution >= 0.6 is 0 Å². The normalized spacial score (nSPS) is 20.4. The summed E-state index contributed by atoms with van der Waals surface area (Å²) in [5.41, 5.74) is 3.60. The molecule has 0 spiro atoms. The number of piperidine rings is 1. The highest BCUT2D eigenvalue weighted by molar-refractivity contribution is 5.82. The fourth-order valence-corrected chi connectivity index (χ4v) is 4.46. The van der Waals surface area contributed by atoms with Gasteiger partial charge in [-0.05, 0) is 49.1 Å². The summed E-state index contributed by atoms with van der Waals surface area (Å²) in [6, 6.07) is 9.27. The van der Waals surface area contributed by atoms with Gasteiger partial charge in [0.1, 0.15) is 11.6 Å². The summed E-state index contributed by atoms with van der Waals surface area (Å²) in [6.45, 7) is 5.05. The molecule has 0 aromatic heterocycles. The van der Waals surface area contributed by atoms with E-state index in [1.807, 2.05) is 36.9 Å². The van der Waals surface area contributed by atoms with Crippen LogP contribution in [0.4, 0.5) is 8.78 Å². The van der Waals surface area contributed by atoms with E-state index in [0.717, 1.165) is 29.2 Å². The zero-order valence-corrected chi connectivity index (χ0v) is 16.6. The lowest BCUT2D eigenvalue weighted by molar-refractivity contribution is -0.160. The summed E-state index contributed by atoms with van der Waals surface area (Å²) < 4.78 is 26.7. The molecular formula is C23H24F2N2O2. The number of carbonyl (C=O) groups excluding carboxylic acids is 2. The monoisotopic (exact) mass is 398 g/mol. The van der Waals surface area contributed by atoms with Crippen molar-refractivity contribution < 1.29 is 18.4 Å². The van der Waals surface area contributed by atoms with E-state index in [-0.39, 0.29) is 30.3 Å². The van der Waals surface area contributed by atoms with Crippen LogP contribution in [0, 0.1) is 25.5 Å². The van der Waals surface area contributed by atoms with Gasteiger partial charge in [0, 0.05) is 19.2 Å². The second-order valence-corrected chi connectivity index (χ2v) is 8.20. The number of hydrogen-bond donors (Lipinski definition) is 0. The van der Waals surface area contributed by atoms with E-state index in [1.54, 1.807) is 4.90 Å². The lowest BCUT2D eigenvalue weighted by Crippen LogP contribution is -2.71. The van der Waals surface area contributed by atoms with Gasteiger partial charge in [-0.15, -0.1) is 0 Å². The fraction of sp³-hybridized carbons (Fsp3) is 0.391. The molecule has 2 bridgehead atoms. The van der Waals surface area contributed by atoms with E-state index >= 15 is 0 Å². The average Bonchev–Trinajstić information content (AvgIpc) is 2.63. The summed E-state index contributed by atoms with van der Waals surface area (Å²) in [7, 11) is 0. The predicted molar refractivity (Wildman–Crippen MR) is 105 cm³/mol. The molecule has 2 aromatic rings. The molecule has 5 rings (SSSR count). The summed E-state index contributed by atoms with van der Waals surface area (Å²) in [5, 5.41) is 0. The average molecular weight is 398 g/mol. The van der Waals surface area contributed by atoms with Gasteiger partial charge in [0.15, 0.2) is 0 Å². The molecule has 3 fully saturated rings. The van der Waals surface area contributed by atoms with Gasteiger partial charge < -0.3 is 9.80 Å². The molecule has 6 heteroatoms. The lowest BCUT2D eigenvalue weighted by Gasteiger charge is -2.56. The van der Waals surface area contributed by atoms with Crippen LogP contribution in [0.3, 0.4) is 0 Å². The second-order valence-electron chi connectivity index (χ2n) is 8.20. The van der Waals surface area contributed by atoms with E-state index in [9.17, 15) is 18.4 Å². The van der Waals surface area contributed by atoms with E-state index in [1.165, 1.54) is 12.1 Å². The van der Waals surface area contributed by atoms with E-state index in [4.69, 9.17) is 0 Å². The Labute approximate surface area is 169 Å². The summed E-state index contributed by atoms with van der Waals surface area (Å²) >= 11 is 0. The third-order valence-electron chi connectivity index (χ3n) is 5.96. The van der Waals surface area contributed by atoms with Gasteiger partial charge in [0.25, 0.3) is 0 Å². The van der Waals surface area contributed by atoms with Crippen LogP contribution in [0.1, 0.15) is 28.7 Å². The Hall–Kier alpha value is -2.76. The molecule has 2 unspecified atom stereocenters. The quantitative estimate of drug-likeness (QED) is 0.794. The van der Waals surface area contributed by atoms with Crippen molar-refractivity contribution in [2.75, 3.05) is 13.1 Å². The number of nitrogens with zero attached hydrogens (tertiary/aromatic N) is 2. The summed E-state index contributed by atoms with van der Waals surface area (Å²) in [6.07, 6.45) is 1.21. The first-order valence-electron chi connectivity index (χ1n) is 9.90. The van der Waals surface area contributed by atoms with Gasteiger partial charge in [0.05, 0.1) is 24.9 Å². The van der Waals surface area contributed by atoms with Crippen molar-refractivity contribution in [3.63, 3.8) is 0 Å². The van der Waals surface area contributed by atoms with Crippen molar-refractivity contribution in [3.05, 3.63) is 70.3 Å². The standard InChI is InChI=1S/C23H24F2N2O2/c1-14-3-4-15(2)17(5-14)9-22(28)26-12-20-11-21(13-26)27(20)23(29)8-16-6-18(24)10-19(25)7-16/h3-7,10,20-21H,8-9,11-13H2,1-2H3. The van der Waals surface area contributed by atoms with Crippen LogP contribution in [0.25, 0.3) is 0 Å². The van der Waals surface area contributed by atoms with Gasteiger partial charge in [-0.1, -0.05) is 23.8 Å². The number of piperazine rings is 1. The van der Waals surface area contributed by atoms with Crippen molar-refractivity contribution in [1.82, 2.24) is 9.80 Å². The Bertz CT molecular complexity index is 943. The van der Waals surface area contributed by atoms with Crippen LogP contribution in [-0.2, 0) is 22.4 Å². The minimum absolute atomic E-state index is 0.0118. The number of amides is 2.